The first-order valence-electron chi connectivity index (χ1n) is 10.6. The summed E-state index contributed by atoms with van der Waals surface area (Å²) >= 11 is 0. The predicted molar refractivity (Wildman–Crippen MR) is 118 cm³/mol. The maximum Gasteiger partial charge on any atom is 0.309 e. The lowest BCUT2D eigenvalue weighted by atomic mass is 9.97. The molecule has 3 rings (SSSR count). The summed E-state index contributed by atoms with van der Waals surface area (Å²) in [6.45, 7) is 3.70. The van der Waals surface area contributed by atoms with Crippen LogP contribution in [-0.2, 0) is 14.3 Å². The fourth-order valence-corrected chi connectivity index (χ4v) is 3.92. The minimum atomic E-state index is -0.238. The van der Waals surface area contributed by atoms with Gasteiger partial charge >= 0.3 is 5.97 Å². The Hall–Kier alpha value is -3.19. The SMILES string of the molecule is COC(=O)C1CC[NH+](CC(=O)Nc2ccccc2C(=O)N[C@@H](C)c2ccccc2)CC1. The van der Waals surface area contributed by atoms with E-state index < -0.39 is 0 Å². The lowest BCUT2D eigenvalue weighted by Crippen LogP contribution is -3.14. The monoisotopic (exact) mass is 424 g/mol. The van der Waals surface area contributed by atoms with Crippen molar-refractivity contribution in [1.29, 1.82) is 0 Å². The molecule has 7 heteroatoms. The molecular formula is C24H30N3O4+. The van der Waals surface area contributed by atoms with Gasteiger partial charge < -0.3 is 20.3 Å². The number of nitrogens with one attached hydrogen (secondary N) is 3. The Bertz CT molecular complexity index is 908. The molecule has 1 aliphatic rings. The van der Waals surface area contributed by atoms with Gasteiger partial charge in [-0.2, -0.15) is 0 Å². The van der Waals surface area contributed by atoms with Crippen LogP contribution in [0, 0.1) is 5.92 Å². The molecule has 0 bridgehead atoms. The largest absolute Gasteiger partial charge is 0.469 e. The van der Waals surface area contributed by atoms with Crippen LogP contribution in [0.3, 0.4) is 0 Å². The van der Waals surface area contributed by atoms with Crippen LogP contribution >= 0.6 is 0 Å². The van der Waals surface area contributed by atoms with Crippen molar-refractivity contribution in [1.82, 2.24) is 5.32 Å². The molecule has 1 fully saturated rings. The zero-order valence-corrected chi connectivity index (χ0v) is 18.0. The summed E-state index contributed by atoms with van der Waals surface area (Å²) in [5.41, 5.74) is 1.93. The number of esters is 1. The van der Waals surface area contributed by atoms with E-state index in [1.807, 2.05) is 37.3 Å². The number of rotatable bonds is 7. The number of anilines is 1. The van der Waals surface area contributed by atoms with E-state index in [2.05, 4.69) is 10.6 Å². The van der Waals surface area contributed by atoms with Crippen LogP contribution < -0.4 is 15.5 Å². The number of carbonyl (C=O) groups is 3. The minimum Gasteiger partial charge on any atom is -0.469 e. The maximum atomic E-state index is 12.8. The van der Waals surface area contributed by atoms with Crippen molar-refractivity contribution in [2.24, 2.45) is 5.92 Å². The standard InChI is InChI=1S/C24H29N3O4/c1-17(18-8-4-3-5-9-18)25-23(29)20-10-6-7-11-21(20)26-22(28)16-27-14-12-19(13-15-27)24(30)31-2/h3-11,17,19H,12-16H2,1-2H3,(H,25,29)(H,26,28)/p+1/t17-/m0/s1. The first-order chi connectivity index (χ1) is 15.0. The van der Waals surface area contributed by atoms with Crippen LogP contribution in [0.1, 0.15) is 41.7 Å². The highest BCUT2D eigenvalue weighted by molar-refractivity contribution is 6.04. The molecule has 0 spiro atoms. The van der Waals surface area contributed by atoms with Gasteiger partial charge in [-0.1, -0.05) is 42.5 Å². The summed E-state index contributed by atoms with van der Waals surface area (Å²) in [5.74, 6) is -0.637. The lowest BCUT2D eigenvalue weighted by Gasteiger charge is -2.27. The molecule has 0 saturated carbocycles. The van der Waals surface area contributed by atoms with E-state index in [9.17, 15) is 14.4 Å². The van der Waals surface area contributed by atoms with Crippen LogP contribution in [0.15, 0.2) is 54.6 Å². The van der Waals surface area contributed by atoms with E-state index in [-0.39, 0.29) is 29.7 Å². The molecule has 1 heterocycles. The number of para-hydroxylation sites is 1. The fraction of sp³-hybridized carbons (Fsp3) is 0.375. The Morgan fingerprint density at radius 2 is 1.68 bits per heavy atom. The third kappa shape index (κ3) is 6.15. The quantitative estimate of drug-likeness (QED) is 0.589. The zero-order chi connectivity index (χ0) is 22.2. The van der Waals surface area contributed by atoms with E-state index in [4.69, 9.17) is 4.74 Å². The number of amides is 2. The molecule has 2 aromatic carbocycles. The Labute approximate surface area is 182 Å². The molecule has 0 radical (unpaired) electrons. The fourth-order valence-electron chi connectivity index (χ4n) is 3.92. The van der Waals surface area contributed by atoms with Crippen LogP contribution in [-0.4, -0.2) is 44.5 Å². The van der Waals surface area contributed by atoms with Gasteiger partial charge in [0.1, 0.15) is 0 Å². The molecular weight excluding hydrogens is 394 g/mol. The molecule has 2 aromatic rings. The molecule has 164 valence electrons. The Morgan fingerprint density at radius 3 is 2.35 bits per heavy atom. The van der Waals surface area contributed by atoms with Gasteiger partial charge in [-0.05, 0) is 24.6 Å². The molecule has 2 amide bonds. The van der Waals surface area contributed by atoms with E-state index in [0.717, 1.165) is 23.6 Å². The van der Waals surface area contributed by atoms with Gasteiger partial charge in [-0.25, -0.2) is 0 Å². The van der Waals surface area contributed by atoms with Crippen molar-refractivity contribution in [3.05, 3.63) is 65.7 Å². The predicted octanol–water partition coefficient (Wildman–Crippen LogP) is 1.58. The first-order valence-corrected chi connectivity index (χ1v) is 10.6. The number of piperidine rings is 1. The lowest BCUT2D eigenvalue weighted by molar-refractivity contribution is -0.897. The third-order valence-corrected chi connectivity index (χ3v) is 5.73. The van der Waals surface area contributed by atoms with Crippen LogP contribution in [0.5, 0.6) is 0 Å². The molecule has 31 heavy (non-hydrogen) atoms. The second kappa shape index (κ2) is 10.7. The number of hydrogen-bond acceptors (Lipinski definition) is 4. The van der Waals surface area contributed by atoms with Gasteiger partial charge in [0.15, 0.2) is 6.54 Å². The normalized spacial score (nSPS) is 19.2. The van der Waals surface area contributed by atoms with Gasteiger partial charge in [0.2, 0.25) is 0 Å². The molecule has 7 nitrogen and oxygen atoms in total. The van der Waals surface area contributed by atoms with Crippen molar-refractivity contribution in [2.75, 3.05) is 32.1 Å². The van der Waals surface area contributed by atoms with E-state index in [1.165, 1.54) is 7.11 Å². The Balaban J connectivity index is 1.57. The number of hydrogen-bond donors (Lipinski definition) is 3. The highest BCUT2D eigenvalue weighted by Gasteiger charge is 2.29. The molecule has 1 saturated heterocycles. The number of carbonyl (C=O) groups excluding carboxylic acids is 3. The van der Waals surface area contributed by atoms with E-state index >= 15 is 0 Å². The maximum absolute atomic E-state index is 12.8. The van der Waals surface area contributed by atoms with Crippen LogP contribution in [0.25, 0.3) is 0 Å². The van der Waals surface area contributed by atoms with E-state index in [0.29, 0.717) is 30.6 Å². The molecule has 0 aliphatic carbocycles. The third-order valence-electron chi connectivity index (χ3n) is 5.73. The highest BCUT2D eigenvalue weighted by Crippen LogP contribution is 2.18. The molecule has 1 atom stereocenters. The zero-order valence-electron chi connectivity index (χ0n) is 18.0. The summed E-state index contributed by atoms with van der Waals surface area (Å²) in [7, 11) is 1.41. The molecule has 3 N–H and O–H groups in total. The second-order valence-corrected chi connectivity index (χ2v) is 7.92. The van der Waals surface area contributed by atoms with E-state index in [1.54, 1.807) is 24.3 Å². The Morgan fingerprint density at radius 1 is 1.03 bits per heavy atom. The Kier molecular flexibility index (Phi) is 7.78. The topological polar surface area (TPSA) is 88.9 Å². The van der Waals surface area contributed by atoms with Gasteiger partial charge in [0.25, 0.3) is 11.8 Å². The highest BCUT2D eigenvalue weighted by atomic mass is 16.5. The van der Waals surface area contributed by atoms with Crippen molar-refractivity contribution < 1.29 is 24.0 Å². The smallest absolute Gasteiger partial charge is 0.309 e. The van der Waals surface area contributed by atoms with Gasteiger partial charge in [-0.3, -0.25) is 14.4 Å². The number of likely N-dealkylation sites (tertiary alicyclic amines) is 1. The average Bonchev–Trinajstić information content (AvgIpc) is 2.79. The van der Waals surface area contributed by atoms with Gasteiger partial charge in [0, 0.05) is 12.8 Å². The van der Waals surface area contributed by atoms with Crippen molar-refractivity contribution in [3.63, 3.8) is 0 Å². The summed E-state index contributed by atoms with van der Waals surface area (Å²) < 4.78 is 4.81. The number of ether oxygens (including phenoxy) is 1. The number of benzene rings is 2. The summed E-state index contributed by atoms with van der Waals surface area (Å²) in [6, 6.07) is 16.6. The van der Waals surface area contributed by atoms with Crippen LogP contribution in [0.2, 0.25) is 0 Å². The average molecular weight is 425 g/mol. The van der Waals surface area contributed by atoms with Crippen molar-refractivity contribution in [2.45, 2.75) is 25.8 Å². The summed E-state index contributed by atoms with van der Waals surface area (Å²) in [6.07, 6.45) is 1.43. The van der Waals surface area contributed by atoms with Gasteiger partial charge in [0.05, 0.1) is 43.4 Å². The summed E-state index contributed by atoms with van der Waals surface area (Å²) in [4.78, 5) is 38.2. The van der Waals surface area contributed by atoms with Crippen LogP contribution in [0.4, 0.5) is 5.69 Å². The molecule has 0 aromatic heterocycles. The second-order valence-electron chi connectivity index (χ2n) is 7.92. The van der Waals surface area contributed by atoms with Crippen molar-refractivity contribution in [3.8, 4) is 0 Å². The van der Waals surface area contributed by atoms with Crippen molar-refractivity contribution >= 4 is 23.5 Å². The summed E-state index contributed by atoms with van der Waals surface area (Å²) in [5, 5.41) is 5.87. The molecule has 0 unspecified atom stereocenters. The first kappa shape index (κ1) is 22.5. The minimum absolute atomic E-state index is 0.0761. The number of quaternary nitrogens is 1. The van der Waals surface area contributed by atoms with Gasteiger partial charge in [-0.15, -0.1) is 0 Å². The number of methoxy groups -OCH3 is 1. The molecule has 1 aliphatic heterocycles.